The molecular weight excluding hydrogens is 269 g/mol. The Hall–Kier alpha value is -1.86. The molecule has 0 bridgehead atoms. The molecule has 2 aromatic rings. The summed E-state index contributed by atoms with van der Waals surface area (Å²) in [5.74, 6) is 3.30. The van der Waals surface area contributed by atoms with E-state index >= 15 is 0 Å². The van der Waals surface area contributed by atoms with Gasteiger partial charge < -0.3 is 4.52 Å². The largest absolute Gasteiger partial charge is 0.361 e. The van der Waals surface area contributed by atoms with Gasteiger partial charge in [0, 0.05) is 23.6 Å². The SMILES string of the molecule is C#CCC(c1cc(-c2ccc(F)cc2)no1)[Si](C)(C)C. The summed E-state index contributed by atoms with van der Waals surface area (Å²) >= 11 is 0. The molecule has 2 nitrogen and oxygen atoms in total. The van der Waals surface area contributed by atoms with Crippen molar-refractivity contribution in [3.63, 3.8) is 0 Å². The van der Waals surface area contributed by atoms with E-state index in [1.54, 1.807) is 12.1 Å². The van der Waals surface area contributed by atoms with Crippen LogP contribution < -0.4 is 0 Å². The minimum absolute atomic E-state index is 0.245. The third-order valence-electron chi connectivity index (χ3n) is 3.38. The average Bonchev–Trinajstić information content (AvgIpc) is 2.84. The zero-order valence-electron chi connectivity index (χ0n) is 12.0. The highest BCUT2D eigenvalue weighted by Gasteiger charge is 2.30. The molecule has 4 heteroatoms. The van der Waals surface area contributed by atoms with Gasteiger partial charge >= 0.3 is 0 Å². The predicted molar refractivity (Wildman–Crippen MR) is 81.4 cm³/mol. The fraction of sp³-hybridized carbons (Fsp3) is 0.312. The highest BCUT2D eigenvalue weighted by molar-refractivity contribution is 6.77. The van der Waals surface area contributed by atoms with Crippen LogP contribution in [0.25, 0.3) is 11.3 Å². The first-order chi connectivity index (χ1) is 9.41. The molecule has 104 valence electrons. The third-order valence-corrected chi connectivity index (χ3v) is 5.96. The van der Waals surface area contributed by atoms with Gasteiger partial charge in [-0.1, -0.05) is 24.8 Å². The molecule has 0 saturated heterocycles. The van der Waals surface area contributed by atoms with Crippen LogP contribution in [0.4, 0.5) is 4.39 Å². The van der Waals surface area contributed by atoms with Crippen molar-refractivity contribution >= 4 is 8.07 Å². The summed E-state index contributed by atoms with van der Waals surface area (Å²) in [7, 11) is -1.48. The van der Waals surface area contributed by atoms with E-state index in [1.165, 1.54) is 12.1 Å². The van der Waals surface area contributed by atoms with Crippen LogP contribution in [0, 0.1) is 18.2 Å². The molecule has 0 aliphatic heterocycles. The summed E-state index contributed by atoms with van der Waals surface area (Å²) < 4.78 is 18.4. The second kappa shape index (κ2) is 5.64. The molecule has 1 aromatic heterocycles. The molecule has 0 N–H and O–H groups in total. The number of terminal acetylenes is 1. The van der Waals surface area contributed by atoms with E-state index in [-0.39, 0.29) is 11.4 Å². The quantitative estimate of drug-likeness (QED) is 0.612. The van der Waals surface area contributed by atoms with Crippen molar-refractivity contribution in [1.29, 1.82) is 0 Å². The van der Waals surface area contributed by atoms with Crippen molar-refractivity contribution in [2.45, 2.75) is 31.6 Å². The van der Waals surface area contributed by atoms with E-state index in [9.17, 15) is 4.39 Å². The lowest BCUT2D eigenvalue weighted by Gasteiger charge is -2.24. The van der Waals surface area contributed by atoms with Crippen LogP contribution in [0.15, 0.2) is 34.9 Å². The molecule has 20 heavy (non-hydrogen) atoms. The zero-order valence-corrected chi connectivity index (χ0v) is 13.0. The van der Waals surface area contributed by atoms with Crippen molar-refractivity contribution in [3.8, 4) is 23.6 Å². The van der Waals surface area contributed by atoms with Crippen LogP contribution in [0.1, 0.15) is 17.7 Å². The predicted octanol–water partition coefficient (Wildman–Crippen LogP) is 4.47. The van der Waals surface area contributed by atoms with Gasteiger partial charge in [-0.2, -0.15) is 0 Å². The number of benzene rings is 1. The maximum absolute atomic E-state index is 12.9. The van der Waals surface area contributed by atoms with Gasteiger partial charge in [0.1, 0.15) is 17.3 Å². The molecule has 0 aliphatic rings. The molecule has 1 aromatic carbocycles. The number of halogens is 1. The summed E-state index contributed by atoms with van der Waals surface area (Å²) in [4.78, 5) is 0. The van der Waals surface area contributed by atoms with Crippen molar-refractivity contribution < 1.29 is 8.91 Å². The van der Waals surface area contributed by atoms with E-state index in [0.29, 0.717) is 6.42 Å². The van der Waals surface area contributed by atoms with E-state index in [4.69, 9.17) is 10.9 Å². The van der Waals surface area contributed by atoms with Crippen LogP contribution in [0.2, 0.25) is 19.6 Å². The van der Waals surface area contributed by atoms with Gasteiger partial charge in [-0.25, -0.2) is 4.39 Å². The first kappa shape index (κ1) is 14.5. The Balaban J connectivity index is 2.32. The third kappa shape index (κ3) is 3.17. The van der Waals surface area contributed by atoms with Gasteiger partial charge in [-0.3, -0.25) is 0 Å². The van der Waals surface area contributed by atoms with E-state index in [1.807, 2.05) is 6.07 Å². The molecule has 0 saturated carbocycles. The Morgan fingerprint density at radius 1 is 1.30 bits per heavy atom. The van der Waals surface area contributed by atoms with Crippen molar-refractivity contribution in [1.82, 2.24) is 5.16 Å². The summed E-state index contributed by atoms with van der Waals surface area (Å²) in [6.45, 7) is 6.78. The Morgan fingerprint density at radius 3 is 2.50 bits per heavy atom. The van der Waals surface area contributed by atoms with Gasteiger partial charge in [-0.15, -0.1) is 12.3 Å². The lowest BCUT2D eigenvalue weighted by molar-refractivity contribution is 0.380. The van der Waals surface area contributed by atoms with Gasteiger partial charge in [0.2, 0.25) is 0 Å². The molecule has 0 radical (unpaired) electrons. The summed E-state index contributed by atoms with van der Waals surface area (Å²) in [5.41, 5.74) is 1.81. The highest BCUT2D eigenvalue weighted by atomic mass is 28.3. The lowest BCUT2D eigenvalue weighted by atomic mass is 10.1. The molecule has 1 atom stereocenters. The normalized spacial score (nSPS) is 12.9. The Morgan fingerprint density at radius 2 is 1.95 bits per heavy atom. The Kier molecular flexibility index (Phi) is 4.10. The molecule has 1 heterocycles. The van der Waals surface area contributed by atoms with Crippen molar-refractivity contribution in [2.75, 3.05) is 0 Å². The summed E-state index contributed by atoms with van der Waals surface area (Å²) in [5, 5.41) is 4.09. The lowest BCUT2D eigenvalue weighted by Crippen LogP contribution is -2.30. The minimum atomic E-state index is -1.48. The maximum atomic E-state index is 12.9. The topological polar surface area (TPSA) is 26.0 Å². The smallest absolute Gasteiger partial charge is 0.138 e. The van der Waals surface area contributed by atoms with Gasteiger partial charge in [0.25, 0.3) is 0 Å². The van der Waals surface area contributed by atoms with E-state index < -0.39 is 8.07 Å². The number of aromatic nitrogens is 1. The number of hydrogen-bond acceptors (Lipinski definition) is 2. The first-order valence-corrected chi connectivity index (χ1v) is 10.2. The molecule has 0 amide bonds. The Labute approximate surface area is 120 Å². The molecule has 0 aliphatic carbocycles. The Bertz CT molecular complexity index is 619. The number of nitrogens with zero attached hydrogens (tertiary/aromatic N) is 1. The fourth-order valence-corrected chi connectivity index (χ4v) is 3.88. The minimum Gasteiger partial charge on any atom is -0.361 e. The second-order valence-corrected chi connectivity index (χ2v) is 11.4. The zero-order chi connectivity index (χ0) is 14.8. The van der Waals surface area contributed by atoms with Crippen LogP contribution in [-0.2, 0) is 0 Å². The van der Waals surface area contributed by atoms with Crippen molar-refractivity contribution in [2.24, 2.45) is 0 Å². The molecule has 0 spiro atoms. The van der Waals surface area contributed by atoms with Gasteiger partial charge in [0.15, 0.2) is 0 Å². The van der Waals surface area contributed by atoms with Gasteiger partial charge in [-0.05, 0) is 24.3 Å². The van der Waals surface area contributed by atoms with E-state index in [0.717, 1.165) is 17.0 Å². The number of hydrogen-bond donors (Lipinski definition) is 0. The van der Waals surface area contributed by atoms with Crippen molar-refractivity contribution in [3.05, 3.63) is 41.9 Å². The summed E-state index contributed by atoms with van der Waals surface area (Å²) in [6, 6.07) is 8.15. The summed E-state index contributed by atoms with van der Waals surface area (Å²) in [6.07, 6.45) is 6.13. The maximum Gasteiger partial charge on any atom is 0.138 e. The highest BCUT2D eigenvalue weighted by Crippen LogP contribution is 2.32. The average molecular weight is 287 g/mol. The first-order valence-electron chi connectivity index (χ1n) is 6.58. The monoisotopic (exact) mass is 287 g/mol. The van der Waals surface area contributed by atoms with Gasteiger partial charge in [0.05, 0.1) is 8.07 Å². The van der Waals surface area contributed by atoms with Crippen LogP contribution in [-0.4, -0.2) is 13.2 Å². The fourth-order valence-electron chi connectivity index (χ4n) is 2.16. The second-order valence-electron chi connectivity index (χ2n) is 5.95. The molecule has 2 rings (SSSR count). The van der Waals surface area contributed by atoms with E-state index in [2.05, 4.69) is 30.7 Å². The molecular formula is C16H18FNOSi. The molecule has 0 fully saturated rings. The molecule has 1 unspecified atom stereocenters. The number of rotatable bonds is 4. The van der Waals surface area contributed by atoms with Crippen LogP contribution in [0.3, 0.4) is 0 Å². The van der Waals surface area contributed by atoms with Crippen LogP contribution >= 0.6 is 0 Å². The van der Waals surface area contributed by atoms with Crippen LogP contribution in [0.5, 0.6) is 0 Å². The standard InChI is InChI=1S/C16H18FNOSi/c1-5-6-16(20(2,3)4)15-11-14(18-19-15)12-7-9-13(17)10-8-12/h1,7-11,16H,6H2,2-4H3.